The van der Waals surface area contributed by atoms with E-state index in [1.807, 2.05) is 42.2 Å². The van der Waals surface area contributed by atoms with Crippen LogP contribution >= 0.6 is 15.9 Å². The molecule has 0 bridgehead atoms. The van der Waals surface area contributed by atoms with Crippen LogP contribution in [0.4, 0.5) is 0 Å². The highest BCUT2D eigenvalue weighted by molar-refractivity contribution is 9.10. The molecule has 2 aromatic heterocycles. The molecule has 0 atom stereocenters. The van der Waals surface area contributed by atoms with Crippen LogP contribution in [-0.4, -0.2) is 53.0 Å². The Bertz CT molecular complexity index is 1300. The highest BCUT2D eigenvalue weighted by atomic mass is 79.9. The van der Waals surface area contributed by atoms with Gasteiger partial charge in [0.05, 0.1) is 5.52 Å². The van der Waals surface area contributed by atoms with Crippen LogP contribution in [-0.2, 0) is 6.54 Å². The molecule has 0 N–H and O–H groups in total. The highest BCUT2D eigenvalue weighted by Gasteiger charge is 2.26. The Morgan fingerprint density at radius 3 is 2.47 bits per heavy atom. The highest BCUT2D eigenvalue weighted by Crippen LogP contribution is 2.26. The molecule has 1 aliphatic heterocycles. The molecule has 4 aromatic rings. The zero-order chi connectivity index (χ0) is 23.5. The van der Waals surface area contributed by atoms with Crippen LogP contribution in [0.3, 0.4) is 0 Å². The van der Waals surface area contributed by atoms with Crippen LogP contribution in [0.2, 0.25) is 0 Å². The smallest absolute Gasteiger partial charge is 0.270 e. The number of halogens is 1. The van der Waals surface area contributed by atoms with E-state index < -0.39 is 0 Å². The number of aryl methyl sites for hydroxylation is 1. The number of hydrogen-bond acceptors (Lipinski definition) is 3. The lowest BCUT2D eigenvalue weighted by molar-refractivity contribution is 0.0640. The van der Waals surface area contributed by atoms with Gasteiger partial charge in [-0.25, -0.2) is 0 Å². The Balaban J connectivity index is 1.27. The van der Waals surface area contributed by atoms with Gasteiger partial charge in [-0.3, -0.25) is 9.69 Å². The summed E-state index contributed by atoms with van der Waals surface area (Å²) in [6.45, 7) is 6.64. The Hall–Kier alpha value is -3.09. The Labute approximate surface area is 208 Å². The maximum atomic E-state index is 13.5. The Morgan fingerprint density at radius 2 is 1.74 bits per heavy atom. The van der Waals surface area contributed by atoms with E-state index in [2.05, 4.69) is 73.9 Å². The molecule has 5 nitrogen and oxygen atoms in total. The second-order valence-corrected chi connectivity index (χ2v) is 9.67. The summed E-state index contributed by atoms with van der Waals surface area (Å²) in [5, 5.41) is 0. The van der Waals surface area contributed by atoms with Crippen molar-refractivity contribution in [2.75, 3.05) is 32.7 Å². The van der Waals surface area contributed by atoms with E-state index in [1.54, 1.807) is 0 Å². The standard InChI is InChI=1S/C28H28BrN3O2/c1-21-18-25-27(34-21)19-26(32(25)20-23-9-11-24(29)12-10-23)28(33)31-16-14-30(15-17-31)13-5-8-22-6-3-2-4-7-22/h2-12,18-19H,13-17,20H2,1H3. The predicted octanol–water partition coefficient (Wildman–Crippen LogP) is 5.82. The molecule has 0 unspecified atom stereocenters. The van der Waals surface area contributed by atoms with Crippen molar-refractivity contribution in [2.45, 2.75) is 13.5 Å². The SMILES string of the molecule is Cc1cc2c(cc(C(=O)N3CCN(CC=Cc4ccccc4)CC3)n2Cc2ccc(Br)cc2)o1. The van der Waals surface area contributed by atoms with E-state index >= 15 is 0 Å². The molecule has 1 fully saturated rings. The van der Waals surface area contributed by atoms with E-state index in [0.29, 0.717) is 12.2 Å². The Kier molecular flexibility index (Phi) is 6.70. The largest absolute Gasteiger partial charge is 0.460 e. The van der Waals surface area contributed by atoms with Crippen molar-refractivity contribution in [1.29, 1.82) is 0 Å². The molecule has 1 amide bonds. The van der Waals surface area contributed by atoms with Gasteiger partial charge in [0.1, 0.15) is 11.5 Å². The van der Waals surface area contributed by atoms with Crippen LogP contribution in [0.1, 0.15) is 27.4 Å². The first-order valence-corrected chi connectivity index (χ1v) is 12.4. The number of piperazine rings is 1. The number of amides is 1. The van der Waals surface area contributed by atoms with Gasteiger partial charge in [0, 0.05) is 55.9 Å². The molecule has 0 radical (unpaired) electrons. The summed E-state index contributed by atoms with van der Waals surface area (Å²) in [5.41, 5.74) is 4.77. The lowest BCUT2D eigenvalue weighted by Gasteiger charge is -2.34. The molecule has 5 rings (SSSR count). The van der Waals surface area contributed by atoms with Crippen molar-refractivity contribution in [3.05, 3.63) is 99.9 Å². The minimum absolute atomic E-state index is 0.0700. The van der Waals surface area contributed by atoms with E-state index in [-0.39, 0.29) is 5.91 Å². The summed E-state index contributed by atoms with van der Waals surface area (Å²) in [6, 6.07) is 22.5. The first-order valence-electron chi connectivity index (χ1n) is 11.6. The van der Waals surface area contributed by atoms with Gasteiger partial charge in [0.25, 0.3) is 5.91 Å². The molecule has 1 saturated heterocycles. The molecular formula is C28H28BrN3O2. The van der Waals surface area contributed by atoms with Crippen LogP contribution in [0, 0.1) is 6.92 Å². The molecule has 174 valence electrons. The molecule has 3 heterocycles. The van der Waals surface area contributed by atoms with Gasteiger partial charge in [-0.2, -0.15) is 0 Å². The number of fused-ring (bicyclic) bond motifs is 1. The van der Waals surface area contributed by atoms with Crippen molar-refractivity contribution < 1.29 is 9.21 Å². The molecule has 0 spiro atoms. The van der Waals surface area contributed by atoms with Gasteiger partial charge in [-0.05, 0) is 30.2 Å². The van der Waals surface area contributed by atoms with Gasteiger partial charge in [-0.1, -0.05) is 70.5 Å². The van der Waals surface area contributed by atoms with Crippen LogP contribution in [0.25, 0.3) is 17.2 Å². The fourth-order valence-electron chi connectivity index (χ4n) is 4.48. The number of hydrogen-bond donors (Lipinski definition) is 0. The van der Waals surface area contributed by atoms with Crippen molar-refractivity contribution >= 4 is 39.0 Å². The third-order valence-electron chi connectivity index (χ3n) is 6.32. The van der Waals surface area contributed by atoms with E-state index in [1.165, 1.54) is 5.56 Å². The van der Waals surface area contributed by atoms with Gasteiger partial charge in [0.2, 0.25) is 0 Å². The fraction of sp³-hybridized carbons (Fsp3) is 0.250. The first-order chi connectivity index (χ1) is 16.6. The molecular weight excluding hydrogens is 490 g/mol. The zero-order valence-electron chi connectivity index (χ0n) is 19.3. The number of nitrogens with zero attached hydrogens (tertiary/aromatic N) is 3. The molecule has 34 heavy (non-hydrogen) atoms. The first kappa shape index (κ1) is 22.7. The van der Waals surface area contributed by atoms with E-state index in [4.69, 9.17) is 4.42 Å². The van der Waals surface area contributed by atoms with Gasteiger partial charge in [-0.15, -0.1) is 0 Å². The van der Waals surface area contributed by atoms with Crippen molar-refractivity contribution in [1.82, 2.24) is 14.4 Å². The average Bonchev–Trinajstić information content (AvgIpc) is 3.38. The lowest BCUT2D eigenvalue weighted by Crippen LogP contribution is -2.49. The number of furan rings is 1. The summed E-state index contributed by atoms with van der Waals surface area (Å²) in [4.78, 5) is 17.9. The maximum Gasteiger partial charge on any atom is 0.270 e. The molecule has 0 saturated carbocycles. The van der Waals surface area contributed by atoms with E-state index in [0.717, 1.165) is 59.6 Å². The van der Waals surface area contributed by atoms with Gasteiger partial charge in [0.15, 0.2) is 5.58 Å². The number of rotatable bonds is 6. The van der Waals surface area contributed by atoms with Crippen molar-refractivity contribution in [3.8, 4) is 0 Å². The van der Waals surface area contributed by atoms with Crippen LogP contribution in [0.15, 0.2) is 81.7 Å². The van der Waals surface area contributed by atoms with Crippen molar-refractivity contribution in [3.63, 3.8) is 0 Å². The second-order valence-electron chi connectivity index (χ2n) is 8.75. The topological polar surface area (TPSA) is 41.6 Å². The van der Waals surface area contributed by atoms with Gasteiger partial charge < -0.3 is 13.9 Å². The number of carbonyl (C=O) groups is 1. The number of carbonyl (C=O) groups excluding carboxylic acids is 1. The minimum atomic E-state index is 0.0700. The fourth-order valence-corrected chi connectivity index (χ4v) is 4.75. The second kappa shape index (κ2) is 10.0. The number of aromatic nitrogens is 1. The third-order valence-corrected chi connectivity index (χ3v) is 6.85. The summed E-state index contributed by atoms with van der Waals surface area (Å²) >= 11 is 3.50. The summed E-state index contributed by atoms with van der Waals surface area (Å²) in [6.07, 6.45) is 4.36. The molecule has 2 aromatic carbocycles. The normalized spacial score (nSPS) is 14.9. The Morgan fingerprint density at radius 1 is 1.00 bits per heavy atom. The minimum Gasteiger partial charge on any atom is -0.460 e. The van der Waals surface area contributed by atoms with E-state index in [9.17, 15) is 4.79 Å². The quantitative estimate of drug-likeness (QED) is 0.323. The van der Waals surface area contributed by atoms with Crippen LogP contribution < -0.4 is 0 Å². The average molecular weight is 518 g/mol. The maximum absolute atomic E-state index is 13.5. The zero-order valence-corrected chi connectivity index (χ0v) is 20.9. The number of benzene rings is 2. The summed E-state index contributed by atoms with van der Waals surface area (Å²) < 4.78 is 9.00. The summed E-state index contributed by atoms with van der Waals surface area (Å²) in [5.74, 6) is 0.923. The molecule has 6 heteroatoms. The predicted molar refractivity (Wildman–Crippen MR) is 140 cm³/mol. The third kappa shape index (κ3) is 5.03. The molecule has 0 aliphatic carbocycles. The van der Waals surface area contributed by atoms with Crippen LogP contribution in [0.5, 0.6) is 0 Å². The molecule has 1 aliphatic rings. The van der Waals surface area contributed by atoms with Gasteiger partial charge >= 0.3 is 0 Å². The summed E-state index contributed by atoms with van der Waals surface area (Å²) in [7, 11) is 0. The lowest BCUT2D eigenvalue weighted by atomic mass is 10.2. The van der Waals surface area contributed by atoms with Crippen molar-refractivity contribution in [2.24, 2.45) is 0 Å². The monoisotopic (exact) mass is 517 g/mol.